The van der Waals surface area contributed by atoms with Gasteiger partial charge in [0.2, 0.25) is 9.70 Å². The first kappa shape index (κ1) is 24.1. The average molecular weight is 515 g/mol. The Balaban J connectivity index is 1.58. The first-order valence-corrected chi connectivity index (χ1v) is 13.6. The van der Waals surface area contributed by atoms with Crippen molar-refractivity contribution in [3.63, 3.8) is 0 Å². The zero-order valence-corrected chi connectivity index (χ0v) is 21.3. The molecule has 1 aliphatic heterocycles. The fourth-order valence-corrected chi connectivity index (χ4v) is 6.52. The molecular weight excluding hydrogens is 485 g/mol. The van der Waals surface area contributed by atoms with E-state index in [1.807, 2.05) is 17.1 Å². The van der Waals surface area contributed by atoms with Crippen molar-refractivity contribution in [3.8, 4) is 0 Å². The standard InChI is InChI=1S/C24H30Cl3N3OS/c25-24(26,27)22-29(21(31)15-14-18-10-5-4-6-11-18)16-9-17-30(22)23-28-19-12-7-2-1-3-8-13-20(19)32-23/h5,10-11,14-15,22H,1-4,6-9,12-13,16-17H2/b15-14+. The Kier molecular flexibility index (Phi) is 8.25. The van der Waals surface area contributed by atoms with Gasteiger partial charge in [-0.1, -0.05) is 72.3 Å². The number of alkyl halides is 3. The molecule has 0 aromatic carbocycles. The lowest BCUT2D eigenvalue weighted by Gasteiger charge is -2.46. The summed E-state index contributed by atoms with van der Waals surface area (Å²) in [6, 6.07) is 0. The quantitative estimate of drug-likeness (QED) is 0.330. The number of nitrogens with zero attached hydrogens (tertiary/aromatic N) is 3. The molecule has 0 saturated carbocycles. The molecule has 1 aromatic rings. The van der Waals surface area contributed by atoms with Gasteiger partial charge in [0, 0.05) is 24.0 Å². The van der Waals surface area contributed by atoms with Crippen LogP contribution in [0.5, 0.6) is 0 Å². The Hall–Kier alpha value is -1.01. The summed E-state index contributed by atoms with van der Waals surface area (Å²) in [6.45, 7) is 1.27. The highest BCUT2D eigenvalue weighted by Gasteiger charge is 2.46. The highest BCUT2D eigenvalue weighted by molar-refractivity contribution is 7.15. The number of halogens is 3. The van der Waals surface area contributed by atoms with Gasteiger partial charge < -0.3 is 9.80 Å². The number of hydrogen-bond acceptors (Lipinski definition) is 4. The number of hydrogen-bond donors (Lipinski definition) is 0. The van der Waals surface area contributed by atoms with Gasteiger partial charge in [-0.05, 0) is 56.6 Å². The lowest BCUT2D eigenvalue weighted by Crippen LogP contribution is -2.61. The van der Waals surface area contributed by atoms with Crippen molar-refractivity contribution in [3.05, 3.63) is 46.5 Å². The molecule has 32 heavy (non-hydrogen) atoms. The number of aryl methyl sites for hydroxylation is 2. The van der Waals surface area contributed by atoms with Crippen LogP contribution in [0.25, 0.3) is 0 Å². The molecule has 0 N–H and O–H groups in total. The maximum atomic E-state index is 13.2. The molecule has 1 unspecified atom stereocenters. The molecule has 4 rings (SSSR count). The summed E-state index contributed by atoms with van der Waals surface area (Å²) in [4.78, 5) is 23.2. The maximum Gasteiger partial charge on any atom is 0.248 e. The second-order valence-corrected chi connectivity index (χ2v) is 12.1. The van der Waals surface area contributed by atoms with Gasteiger partial charge in [-0.25, -0.2) is 4.98 Å². The molecule has 1 atom stereocenters. The number of carbonyl (C=O) groups excluding carboxylic acids is 1. The minimum Gasteiger partial charge on any atom is -0.324 e. The van der Waals surface area contributed by atoms with Crippen molar-refractivity contribution >= 4 is 57.2 Å². The molecule has 0 radical (unpaired) electrons. The van der Waals surface area contributed by atoms with E-state index in [1.54, 1.807) is 22.3 Å². The predicted octanol–water partition coefficient (Wildman–Crippen LogP) is 6.76. The summed E-state index contributed by atoms with van der Waals surface area (Å²) in [5, 5.41) is 0.867. The Morgan fingerprint density at radius 3 is 2.59 bits per heavy atom. The molecular formula is C24H30Cl3N3OS. The van der Waals surface area contributed by atoms with Crippen LogP contribution in [0.2, 0.25) is 0 Å². The van der Waals surface area contributed by atoms with E-state index in [2.05, 4.69) is 12.2 Å². The van der Waals surface area contributed by atoms with Crippen LogP contribution < -0.4 is 4.90 Å². The van der Waals surface area contributed by atoms with Crippen LogP contribution in [0.4, 0.5) is 5.13 Å². The number of fused-ring (bicyclic) bond motifs is 1. The van der Waals surface area contributed by atoms with Crippen molar-refractivity contribution in [1.29, 1.82) is 0 Å². The van der Waals surface area contributed by atoms with Crippen LogP contribution in [0.15, 0.2) is 36.0 Å². The van der Waals surface area contributed by atoms with E-state index < -0.39 is 9.96 Å². The van der Waals surface area contributed by atoms with Crippen LogP contribution in [0.3, 0.4) is 0 Å². The number of carbonyl (C=O) groups is 1. The average Bonchev–Trinajstić information content (AvgIpc) is 3.22. The van der Waals surface area contributed by atoms with E-state index in [9.17, 15) is 4.79 Å². The van der Waals surface area contributed by atoms with Crippen molar-refractivity contribution in [1.82, 2.24) is 9.88 Å². The number of rotatable bonds is 3. The molecule has 1 saturated heterocycles. The molecule has 4 nitrogen and oxygen atoms in total. The predicted molar refractivity (Wildman–Crippen MR) is 136 cm³/mol. The van der Waals surface area contributed by atoms with Crippen molar-refractivity contribution in [2.75, 3.05) is 18.0 Å². The van der Waals surface area contributed by atoms with Crippen molar-refractivity contribution in [2.24, 2.45) is 0 Å². The summed E-state index contributed by atoms with van der Waals surface area (Å²) in [6.07, 6.45) is 20.2. The van der Waals surface area contributed by atoms with Gasteiger partial charge in [0.25, 0.3) is 0 Å². The van der Waals surface area contributed by atoms with E-state index in [4.69, 9.17) is 39.8 Å². The third-order valence-corrected chi connectivity index (χ3v) is 8.02. The smallest absolute Gasteiger partial charge is 0.248 e. The molecule has 0 bridgehead atoms. The first-order chi connectivity index (χ1) is 15.4. The van der Waals surface area contributed by atoms with Crippen molar-refractivity contribution < 1.29 is 4.79 Å². The molecule has 1 aromatic heterocycles. The number of aromatic nitrogens is 1. The third kappa shape index (κ3) is 5.91. The summed E-state index contributed by atoms with van der Waals surface area (Å²) in [5.41, 5.74) is 2.23. The Morgan fingerprint density at radius 1 is 1.06 bits per heavy atom. The van der Waals surface area contributed by atoms with E-state index in [1.165, 1.54) is 42.7 Å². The third-order valence-electron chi connectivity index (χ3n) is 6.24. The van der Waals surface area contributed by atoms with E-state index in [0.717, 1.165) is 42.8 Å². The molecule has 8 heteroatoms. The topological polar surface area (TPSA) is 36.4 Å². The van der Waals surface area contributed by atoms with Crippen LogP contribution in [0, 0.1) is 0 Å². The molecule has 2 aliphatic carbocycles. The molecule has 1 amide bonds. The van der Waals surface area contributed by atoms with Gasteiger partial charge in [0.15, 0.2) is 11.3 Å². The maximum absolute atomic E-state index is 13.2. The molecule has 2 heterocycles. The summed E-state index contributed by atoms with van der Waals surface area (Å²) in [7, 11) is 0. The van der Waals surface area contributed by atoms with Gasteiger partial charge in [-0.15, -0.1) is 11.3 Å². The summed E-state index contributed by atoms with van der Waals surface area (Å²) in [5.74, 6) is -0.141. The van der Waals surface area contributed by atoms with Gasteiger partial charge in [-0.3, -0.25) is 4.79 Å². The largest absolute Gasteiger partial charge is 0.324 e. The van der Waals surface area contributed by atoms with Gasteiger partial charge in [0.1, 0.15) is 0 Å². The Bertz CT molecular complexity index is 877. The monoisotopic (exact) mass is 513 g/mol. The van der Waals surface area contributed by atoms with Gasteiger partial charge in [-0.2, -0.15) is 0 Å². The second-order valence-electron chi connectivity index (χ2n) is 8.65. The number of anilines is 1. The fourth-order valence-electron chi connectivity index (χ4n) is 4.62. The minimum atomic E-state index is -1.65. The zero-order valence-electron chi connectivity index (χ0n) is 18.2. The first-order valence-electron chi connectivity index (χ1n) is 11.6. The number of thiazole rings is 1. The van der Waals surface area contributed by atoms with Crippen LogP contribution in [0.1, 0.15) is 61.9 Å². The number of allylic oxidation sites excluding steroid dienone is 5. The number of amides is 1. The Morgan fingerprint density at radius 2 is 1.84 bits per heavy atom. The van der Waals surface area contributed by atoms with Crippen LogP contribution in [-0.2, 0) is 17.6 Å². The van der Waals surface area contributed by atoms with E-state index in [-0.39, 0.29) is 5.91 Å². The van der Waals surface area contributed by atoms with Crippen LogP contribution >= 0.6 is 46.1 Å². The van der Waals surface area contributed by atoms with E-state index >= 15 is 0 Å². The highest BCUT2D eigenvalue weighted by atomic mass is 35.6. The van der Waals surface area contributed by atoms with Crippen molar-refractivity contribution in [2.45, 2.75) is 74.2 Å². The molecule has 174 valence electrons. The zero-order chi connectivity index (χ0) is 22.6. The van der Waals surface area contributed by atoms with E-state index in [0.29, 0.717) is 13.1 Å². The summed E-state index contributed by atoms with van der Waals surface area (Å²) < 4.78 is -1.65. The molecule has 0 spiro atoms. The lowest BCUT2D eigenvalue weighted by molar-refractivity contribution is -0.129. The molecule has 3 aliphatic rings. The SMILES string of the molecule is O=C(/C=C/C1=CCCC=C1)N1CCCN(c2nc3c(s2)CCCCCCC3)C1C(Cl)(Cl)Cl. The van der Waals surface area contributed by atoms with Gasteiger partial charge in [0.05, 0.1) is 5.69 Å². The normalized spacial score (nSPS) is 22.8. The van der Waals surface area contributed by atoms with Gasteiger partial charge >= 0.3 is 0 Å². The Labute approximate surface area is 209 Å². The second kappa shape index (κ2) is 10.9. The lowest BCUT2D eigenvalue weighted by atomic mass is 10.1. The molecule has 1 fully saturated rings. The minimum absolute atomic E-state index is 0.141. The highest BCUT2D eigenvalue weighted by Crippen LogP contribution is 2.41. The summed E-state index contributed by atoms with van der Waals surface area (Å²) >= 11 is 21.1. The fraction of sp³-hybridized carbons (Fsp3) is 0.583. The van der Waals surface area contributed by atoms with Crippen LogP contribution in [-0.4, -0.2) is 38.8 Å².